The van der Waals surface area contributed by atoms with E-state index in [-0.39, 0.29) is 12.2 Å². The first-order chi connectivity index (χ1) is 10.2. The number of aromatic nitrogens is 1. The van der Waals surface area contributed by atoms with Gasteiger partial charge in [0.05, 0.1) is 12.2 Å². The van der Waals surface area contributed by atoms with Crippen molar-refractivity contribution in [1.29, 1.82) is 0 Å². The number of benzene rings is 1. The summed E-state index contributed by atoms with van der Waals surface area (Å²) in [5.74, 6) is 4.83. The lowest BCUT2D eigenvalue weighted by Crippen LogP contribution is -2.14. The highest BCUT2D eigenvalue weighted by molar-refractivity contribution is 6.05. The molecule has 0 saturated heterocycles. The van der Waals surface area contributed by atoms with Crippen LogP contribution < -0.4 is 5.32 Å². The molecule has 2 rings (SSSR count). The normalized spacial score (nSPS) is 9.62. The van der Waals surface area contributed by atoms with E-state index in [1.54, 1.807) is 24.4 Å². The number of carbonyl (C=O) groups is 1. The predicted octanol–water partition coefficient (Wildman–Crippen LogP) is 2.21. The number of anilines is 1. The Morgan fingerprint density at radius 2 is 2.19 bits per heavy atom. The zero-order chi connectivity index (χ0) is 15.1. The number of halogens is 1. The van der Waals surface area contributed by atoms with E-state index in [0.717, 1.165) is 6.07 Å². The highest BCUT2D eigenvalue weighted by Gasteiger charge is 2.12. The van der Waals surface area contributed by atoms with E-state index in [4.69, 9.17) is 5.11 Å². The average molecular weight is 284 g/mol. The van der Waals surface area contributed by atoms with Crippen LogP contribution in [-0.4, -0.2) is 22.6 Å². The maximum atomic E-state index is 13.4. The van der Waals surface area contributed by atoms with E-state index in [1.165, 1.54) is 12.1 Å². The van der Waals surface area contributed by atoms with E-state index in [1.807, 2.05) is 0 Å². The van der Waals surface area contributed by atoms with Crippen molar-refractivity contribution in [3.05, 3.63) is 59.5 Å². The molecule has 0 atom stereocenters. The molecule has 0 bridgehead atoms. The summed E-state index contributed by atoms with van der Waals surface area (Å²) in [6.45, 7) is -0.0658. The molecule has 0 spiro atoms. The molecule has 106 valence electrons. The summed E-state index contributed by atoms with van der Waals surface area (Å²) in [6, 6.07) is 8.89. The van der Waals surface area contributed by atoms with Crippen molar-refractivity contribution < 1.29 is 14.3 Å². The van der Waals surface area contributed by atoms with Gasteiger partial charge in [-0.2, -0.15) is 0 Å². The highest BCUT2D eigenvalue weighted by atomic mass is 19.1. The quantitative estimate of drug-likeness (QED) is 0.849. The molecule has 0 radical (unpaired) electrons. The fourth-order valence-electron chi connectivity index (χ4n) is 1.65. The highest BCUT2D eigenvalue weighted by Crippen LogP contribution is 2.13. The molecule has 0 fully saturated rings. The third-order valence-electron chi connectivity index (χ3n) is 2.59. The molecule has 1 heterocycles. The smallest absolute Gasteiger partial charge is 0.258 e. The van der Waals surface area contributed by atoms with Crippen LogP contribution in [0.25, 0.3) is 0 Å². The molecular weight excluding hydrogens is 271 g/mol. The number of hydrogen-bond acceptors (Lipinski definition) is 3. The number of rotatable bonds is 3. The van der Waals surface area contributed by atoms with Crippen molar-refractivity contribution in [2.75, 3.05) is 11.9 Å². The second kappa shape index (κ2) is 7.17. The van der Waals surface area contributed by atoms with Gasteiger partial charge >= 0.3 is 0 Å². The van der Waals surface area contributed by atoms with Crippen molar-refractivity contribution >= 4 is 11.7 Å². The number of carbonyl (C=O) groups excluding carboxylic acids is 1. The first kappa shape index (κ1) is 14.7. The van der Waals surface area contributed by atoms with Crippen LogP contribution >= 0.6 is 0 Å². The molecule has 0 aliphatic carbocycles. The summed E-state index contributed by atoms with van der Waals surface area (Å²) in [5, 5.41) is 11.3. The lowest BCUT2D eigenvalue weighted by molar-refractivity contribution is 0.102. The molecule has 1 amide bonds. The third-order valence-corrected chi connectivity index (χ3v) is 2.59. The topological polar surface area (TPSA) is 62.2 Å². The summed E-state index contributed by atoms with van der Waals surface area (Å²) in [7, 11) is 0. The van der Waals surface area contributed by atoms with Crippen LogP contribution in [0, 0.1) is 17.7 Å². The van der Waals surface area contributed by atoms with Crippen LogP contribution in [0.1, 0.15) is 22.3 Å². The Morgan fingerprint density at radius 1 is 1.33 bits per heavy atom. The average Bonchev–Trinajstić information content (AvgIpc) is 2.50. The lowest BCUT2D eigenvalue weighted by Gasteiger charge is -2.06. The van der Waals surface area contributed by atoms with E-state index in [9.17, 15) is 9.18 Å². The lowest BCUT2D eigenvalue weighted by atomic mass is 10.1. The Morgan fingerprint density at radius 3 is 2.90 bits per heavy atom. The van der Waals surface area contributed by atoms with Gasteiger partial charge in [0.25, 0.3) is 5.91 Å². The maximum Gasteiger partial charge on any atom is 0.258 e. The molecular formula is C16H13FN2O2. The summed E-state index contributed by atoms with van der Waals surface area (Å²) < 4.78 is 13.4. The van der Waals surface area contributed by atoms with Gasteiger partial charge < -0.3 is 10.4 Å². The van der Waals surface area contributed by atoms with Gasteiger partial charge in [-0.05, 0) is 30.3 Å². The largest absolute Gasteiger partial charge is 0.395 e. The fraction of sp³-hybridized carbons (Fsp3) is 0.125. The molecule has 0 unspecified atom stereocenters. The predicted molar refractivity (Wildman–Crippen MR) is 77.2 cm³/mol. The number of pyridine rings is 1. The standard InChI is InChI=1S/C16H13FN2O2/c17-13-8-7-12(5-2-4-10-20)14(11-13)16(21)19-15-6-1-3-9-18-15/h1,3,6-9,11,20H,4,10H2,(H,18,19,21). The van der Waals surface area contributed by atoms with Crippen molar-refractivity contribution in [2.45, 2.75) is 6.42 Å². The molecule has 2 aromatic rings. The summed E-state index contributed by atoms with van der Waals surface area (Å²) in [4.78, 5) is 16.2. The van der Waals surface area contributed by atoms with Crippen molar-refractivity contribution in [3.63, 3.8) is 0 Å². The zero-order valence-electron chi connectivity index (χ0n) is 11.1. The second-order valence-corrected chi connectivity index (χ2v) is 4.13. The Kier molecular flexibility index (Phi) is 5.02. The molecule has 21 heavy (non-hydrogen) atoms. The molecule has 1 aromatic carbocycles. The first-order valence-electron chi connectivity index (χ1n) is 6.32. The fourth-order valence-corrected chi connectivity index (χ4v) is 1.65. The van der Waals surface area contributed by atoms with Gasteiger partial charge in [0, 0.05) is 18.2 Å². The Labute approximate surface area is 121 Å². The van der Waals surface area contributed by atoms with Crippen LogP contribution in [0.3, 0.4) is 0 Å². The molecule has 0 saturated carbocycles. The number of nitrogens with zero attached hydrogens (tertiary/aromatic N) is 1. The van der Waals surface area contributed by atoms with Gasteiger partial charge in [-0.15, -0.1) is 0 Å². The Balaban J connectivity index is 2.27. The van der Waals surface area contributed by atoms with Gasteiger partial charge in [-0.25, -0.2) is 9.37 Å². The number of amides is 1. The van der Waals surface area contributed by atoms with Gasteiger partial charge in [0.2, 0.25) is 0 Å². The number of aliphatic hydroxyl groups excluding tert-OH is 1. The van der Waals surface area contributed by atoms with Gasteiger partial charge in [0.1, 0.15) is 11.6 Å². The van der Waals surface area contributed by atoms with E-state index in [0.29, 0.717) is 17.8 Å². The molecule has 0 aliphatic heterocycles. The van der Waals surface area contributed by atoms with Crippen molar-refractivity contribution in [3.8, 4) is 11.8 Å². The monoisotopic (exact) mass is 284 g/mol. The van der Waals surface area contributed by atoms with E-state index >= 15 is 0 Å². The summed E-state index contributed by atoms with van der Waals surface area (Å²) in [5.41, 5.74) is 0.532. The SMILES string of the molecule is O=C(Nc1ccccn1)c1cc(F)ccc1C#CCCO. The number of nitrogens with one attached hydrogen (secondary N) is 1. The van der Waals surface area contributed by atoms with Gasteiger partial charge in [-0.3, -0.25) is 4.79 Å². The molecule has 2 N–H and O–H groups in total. The summed E-state index contributed by atoms with van der Waals surface area (Å²) in [6.07, 6.45) is 1.84. The number of aliphatic hydroxyl groups is 1. The van der Waals surface area contributed by atoms with Crippen molar-refractivity contribution in [1.82, 2.24) is 4.98 Å². The number of hydrogen-bond donors (Lipinski definition) is 2. The molecule has 4 nitrogen and oxygen atoms in total. The minimum Gasteiger partial charge on any atom is -0.395 e. The van der Waals surface area contributed by atoms with Crippen LogP contribution in [0.5, 0.6) is 0 Å². The molecule has 1 aromatic heterocycles. The minimum absolute atomic E-state index is 0.0658. The summed E-state index contributed by atoms with van der Waals surface area (Å²) >= 11 is 0. The zero-order valence-corrected chi connectivity index (χ0v) is 11.1. The van der Waals surface area contributed by atoms with Crippen LogP contribution in [0.15, 0.2) is 42.6 Å². The second-order valence-electron chi connectivity index (χ2n) is 4.13. The minimum atomic E-state index is -0.520. The van der Waals surface area contributed by atoms with Gasteiger partial charge in [0.15, 0.2) is 0 Å². The first-order valence-corrected chi connectivity index (χ1v) is 6.32. The maximum absolute atomic E-state index is 13.4. The molecule has 5 heteroatoms. The molecule has 0 aliphatic rings. The van der Waals surface area contributed by atoms with E-state index < -0.39 is 11.7 Å². The van der Waals surface area contributed by atoms with E-state index in [2.05, 4.69) is 22.1 Å². The third kappa shape index (κ3) is 4.13. The Hall–Kier alpha value is -2.71. The Bertz CT molecular complexity index is 690. The van der Waals surface area contributed by atoms with Crippen LogP contribution in [0.2, 0.25) is 0 Å². The van der Waals surface area contributed by atoms with Crippen LogP contribution in [0.4, 0.5) is 10.2 Å². The van der Waals surface area contributed by atoms with Crippen molar-refractivity contribution in [2.24, 2.45) is 0 Å². The van der Waals surface area contributed by atoms with Gasteiger partial charge in [-0.1, -0.05) is 17.9 Å². The van der Waals surface area contributed by atoms with Crippen LogP contribution in [-0.2, 0) is 0 Å².